The topological polar surface area (TPSA) is 104 Å². The number of amides is 2. The summed E-state index contributed by atoms with van der Waals surface area (Å²) in [6.45, 7) is 2.34. The van der Waals surface area contributed by atoms with Gasteiger partial charge >= 0.3 is 0 Å². The number of carbonyl (C=O) groups excluding carboxylic acids is 2. The zero-order valence-electron chi connectivity index (χ0n) is 16.2. The van der Waals surface area contributed by atoms with Crippen LogP contribution >= 0.6 is 0 Å². The summed E-state index contributed by atoms with van der Waals surface area (Å²) < 4.78 is 0. The molecule has 2 N–H and O–H groups in total. The first-order chi connectivity index (χ1) is 14.0. The number of aliphatic hydroxyl groups is 1. The van der Waals surface area contributed by atoms with Crippen LogP contribution in [0, 0.1) is 0 Å². The maximum absolute atomic E-state index is 12.7. The van der Waals surface area contributed by atoms with Gasteiger partial charge in [0, 0.05) is 37.5 Å². The summed E-state index contributed by atoms with van der Waals surface area (Å²) in [6.07, 6.45) is 1.71. The van der Waals surface area contributed by atoms with Crippen molar-refractivity contribution in [1.82, 2.24) is 15.2 Å². The van der Waals surface area contributed by atoms with Gasteiger partial charge in [0.05, 0.1) is 23.8 Å². The number of hydrogen-bond donors (Lipinski definition) is 2. The van der Waals surface area contributed by atoms with Crippen molar-refractivity contribution in [2.75, 3.05) is 6.54 Å². The number of aliphatic hydroxyl groups excluding tert-OH is 1. The first-order valence-corrected chi connectivity index (χ1v) is 9.78. The molecule has 8 nitrogen and oxygen atoms in total. The molecule has 1 fully saturated rings. The quantitative estimate of drug-likeness (QED) is 0.794. The third-order valence-electron chi connectivity index (χ3n) is 5.32. The molecule has 3 atom stereocenters. The molecule has 2 aromatic rings. The van der Waals surface area contributed by atoms with Crippen LogP contribution in [-0.2, 0) is 21.0 Å². The fourth-order valence-corrected chi connectivity index (χ4v) is 3.86. The number of oxime groups is 1. The highest BCUT2D eigenvalue weighted by Gasteiger charge is 2.39. The monoisotopic (exact) mass is 396 g/mol. The molecule has 2 amide bonds. The van der Waals surface area contributed by atoms with E-state index in [1.807, 2.05) is 37.3 Å². The Morgan fingerprint density at radius 3 is 3.00 bits per heavy atom. The zero-order valence-corrected chi connectivity index (χ0v) is 16.2. The van der Waals surface area contributed by atoms with Crippen LogP contribution in [0.1, 0.15) is 31.7 Å². The highest BCUT2D eigenvalue weighted by Crippen LogP contribution is 2.22. The Labute approximate surface area is 168 Å². The molecule has 1 aromatic heterocycles. The highest BCUT2D eigenvalue weighted by atomic mass is 16.6. The number of aromatic nitrogens is 1. The summed E-state index contributed by atoms with van der Waals surface area (Å²) >= 11 is 0. The summed E-state index contributed by atoms with van der Waals surface area (Å²) in [5.74, 6) is -0.470. The second-order valence-electron chi connectivity index (χ2n) is 7.66. The van der Waals surface area contributed by atoms with Gasteiger partial charge in [-0.15, -0.1) is 0 Å². The SMILES string of the molecule is CC1=NOC(CC(=O)N2C[C@H](O)C[C@H]2C(=O)NCc2ccc3cccnc3c2)C1. The summed E-state index contributed by atoms with van der Waals surface area (Å²) in [4.78, 5) is 36.4. The highest BCUT2D eigenvalue weighted by molar-refractivity contribution is 5.89. The molecule has 0 radical (unpaired) electrons. The number of benzene rings is 1. The molecule has 152 valence electrons. The molecule has 0 aliphatic carbocycles. The number of nitrogens with one attached hydrogen (secondary N) is 1. The lowest BCUT2D eigenvalue weighted by Crippen LogP contribution is -2.46. The van der Waals surface area contributed by atoms with E-state index in [0.29, 0.717) is 13.0 Å². The Hall–Kier alpha value is -3.00. The van der Waals surface area contributed by atoms with Crippen molar-refractivity contribution in [3.8, 4) is 0 Å². The Morgan fingerprint density at radius 2 is 2.21 bits per heavy atom. The van der Waals surface area contributed by atoms with E-state index < -0.39 is 12.1 Å². The van der Waals surface area contributed by atoms with Crippen LogP contribution in [0.3, 0.4) is 0 Å². The van der Waals surface area contributed by atoms with Crippen molar-refractivity contribution >= 4 is 28.4 Å². The Balaban J connectivity index is 1.37. The average molecular weight is 396 g/mol. The lowest BCUT2D eigenvalue weighted by Gasteiger charge is -2.24. The van der Waals surface area contributed by atoms with Crippen molar-refractivity contribution < 1.29 is 19.5 Å². The van der Waals surface area contributed by atoms with Crippen molar-refractivity contribution in [2.24, 2.45) is 5.16 Å². The first kappa shape index (κ1) is 19.3. The van der Waals surface area contributed by atoms with Gasteiger partial charge in [-0.05, 0) is 24.6 Å². The van der Waals surface area contributed by atoms with Crippen LogP contribution in [0.2, 0.25) is 0 Å². The van der Waals surface area contributed by atoms with E-state index in [2.05, 4.69) is 15.5 Å². The largest absolute Gasteiger partial charge is 0.392 e. The van der Waals surface area contributed by atoms with E-state index in [0.717, 1.165) is 22.2 Å². The molecule has 1 saturated heterocycles. The molecule has 1 aromatic carbocycles. The van der Waals surface area contributed by atoms with Crippen LogP contribution in [0.5, 0.6) is 0 Å². The van der Waals surface area contributed by atoms with Crippen LogP contribution in [0.15, 0.2) is 41.7 Å². The molecule has 4 rings (SSSR count). The molecular weight excluding hydrogens is 372 g/mol. The van der Waals surface area contributed by atoms with Crippen molar-refractivity contribution in [1.29, 1.82) is 0 Å². The van der Waals surface area contributed by atoms with Crippen LogP contribution < -0.4 is 5.32 Å². The number of rotatable bonds is 5. The fraction of sp³-hybridized carbons (Fsp3) is 0.429. The van der Waals surface area contributed by atoms with Gasteiger partial charge in [-0.2, -0.15) is 0 Å². The smallest absolute Gasteiger partial charge is 0.243 e. The molecule has 0 saturated carbocycles. The van der Waals surface area contributed by atoms with Gasteiger partial charge in [-0.3, -0.25) is 14.6 Å². The number of β-amino-alcohol motifs (C(OH)–C–C–N with tert-alkyl or cyclic N) is 1. The summed E-state index contributed by atoms with van der Waals surface area (Å²) in [5.41, 5.74) is 2.64. The van der Waals surface area contributed by atoms with E-state index in [1.54, 1.807) is 6.20 Å². The minimum atomic E-state index is -0.706. The van der Waals surface area contributed by atoms with Crippen LogP contribution in [-0.4, -0.2) is 57.3 Å². The normalized spacial score (nSPS) is 23.7. The molecule has 8 heteroatoms. The van der Waals surface area contributed by atoms with Crippen molar-refractivity contribution in [3.63, 3.8) is 0 Å². The van der Waals surface area contributed by atoms with Gasteiger partial charge in [0.15, 0.2) is 0 Å². The van der Waals surface area contributed by atoms with E-state index in [9.17, 15) is 14.7 Å². The van der Waals surface area contributed by atoms with E-state index in [1.165, 1.54) is 4.90 Å². The molecular formula is C21H24N4O4. The van der Waals surface area contributed by atoms with Crippen molar-refractivity contribution in [3.05, 3.63) is 42.1 Å². The first-order valence-electron chi connectivity index (χ1n) is 9.78. The van der Waals surface area contributed by atoms with Gasteiger partial charge in [0.2, 0.25) is 11.8 Å². The molecule has 2 aliphatic heterocycles. The van der Waals surface area contributed by atoms with E-state index >= 15 is 0 Å². The molecule has 0 bridgehead atoms. The number of likely N-dealkylation sites (tertiary alicyclic amines) is 1. The fourth-order valence-electron chi connectivity index (χ4n) is 3.86. The van der Waals surface area contributed by atoms with Gasteiger partial charge in [0.25, 0.3) is 0 Å². The number of pyridine rings is 1. The minimum Gasteiger partial charge on any atom is -0.392 e. The number of fused-ring (bicyclic) bond motifs is 1. The average Bonchev–Trinajstić information content (AvgIpc) is 3.31. The number of hydrogen-bond acceptors (Lipinski definition) is 6. The molecule has 1 unspecified atom stereocenters. The third kappa shape index (κ3) is 4.37. The van der Waals surface area contributed by atoms with Crippen LogP contribution in [0.4, 0.5) is 0 Å². The number of nitrogens with zero attached hydrogens (tertiary/aromatic N) is 3. The molecule has 29 heavy (non-hydrogen) atoms. The van der Waals surface area contributed by atoms with E-state index in [-0.39, 0.29) is 37.3 Å². The number of carbonyl (C=O) groups is 2. The standard InChI is InChI=1S/C21H24N4O4/c1-13-7-17(29-24-13)10-20(27)25-12-16(26)9-19(25)21(28)23-11-14-4-5-15-3-2-6-22-18(15)8-14/h2-6,8,16-17,19,26H,7,9-12H2,1H3,(H,23,28)/t16-,17?,19+/m1/s1. The molecule has 2 aliphatic rings. The maximum atomic E-state index is 12.7. The molecule has 0 spiro atoms. The summed E-state index contributed by atoms with van der Waals surface area (Å²) in [6, 6.07) is 9.02. The zero-order chi connectivity index (χ0) is 20.4. The van der Waals surface area contributed by atoms with Gasteiger partial charge in [-0.25, -0.2) is 0 Å². The van der Waals surface area contributed by atoms with Gasteiger partial charge < -0.3 is 20.2 Å². The molecule has 3 heterocycles. The lowest BCUT2D eigenvalue weighted by molar-refractivity contribution is -0.140. The maximum Gasteiger partial charge on any atom is 0.243 e. The van der Waals surface area contributed by atoms with Crippen molar-refractivity contribution in [2.45, 2.75) is 51.0 Å². The third-order valence-corrected chi connectivity index (χ3v) is 5.32. The lowest BCUT2D eigenvalue weighted by atomic mass is 10.1. The van der Waals surface area contributed by atoms with Gasteiger partial charge in [-0.1, -0.05) is 23.4 Å². The summed E-state index contributed by atoms with van der Waals surface area (Å²) in [7, 11) is 0. The predicted octanol–water partition coefficient (Wildman–Crippen LogP) is 1.37. The second-order valence-corrected chi connectivity index (χ2v) is 7.66. The Bertz CT molecular complexity index is 961. The Morgan fingerprint density at radius 1 is 1.34 bits per heavy atom. The van der Waals surface area contributed by atoms with Gasteiger partial charge in [0.1, 0.15) is 12.1 Å². The predicted molar refractivity (Wildman–Crippen MR) is 107 cm³/mol. The minimum absolute atomic E-state index is 0.147. The van der Waals surface area contributed by atoms with Crippen LogP contribution in [0.25, 0.3) is 10.9 Å². The van der Waals surface area contributed by atoms with E-state index in [4.69, 9.17) is 4.84 Å². The summed E-state index contributed by atoms with van der Waals surface area (Å²) in [5, 5.41) is 17.8. The Kier molecular flexibility index (Phi) is 5.44. The second kappa shape index (κ2) is 8.16.